The molecule has 5 heavy (non-hydrogen) atoms. The first-order valence-electron chi connectivity index (χ1n) is 1.27. The van der Waals surface area contributed by atoms with E-state index in [1.165, 1.54) is 6.07 Å². The van der Waals surface area contributed by atoms with Gasteiger partial charge in [-0.2, -0.15) is 0 Å². The van der Waals surface area contributed by atoms with Gasteiger partial charge in [-0.05, 0) is 0 Å². The van der Waals surface area contributed by atoms with E-state index < -0.39 is 0 Å². The molecular weight excluding hydrogens is 69.0 g/mol. The van der Waals surface area contributed by atoms with Gasteiger partial charge in [-0.15, -0.1) is 0 Å². The number of hydrogen-bond acceptors (Lipinski definition) is 1. The molecule has 0 bridgehead atoms. The van der Waals surface area contributed by atoms with Gasteiger partial charge in [-0.1, -0.05) is 0 Å². The van der Waals surface area contributed by atoms with E-state index in [1.807, 2.05) is 0 Å². The molecule has 26 valence electrons. The number of hydrogen-bond donors (Lipinski definition) is 1. The van der Waals surface area contributed by atoms with Crippen molar-refractivity contribution in [2.24, 2.45) is 0 Å². The fraction of sp³-hybridized carbons (Fsp3) is 0. The summed E-state index contributed by atoms with van der Waals surface area (Å²) in [7, 11) is 0. The first kappa shape index (κ1) is 2.57. The average molecular weight is 71.1 g/mol. The maximum atomic E-state index is 11.1. The lowest BCUT2D eigenvalue weighted by atomic mass is 11.0. The molecular formula is C3H2FN. The fourth-order valence-electron chi connectivity index (χ4n) is 0.0906. The second kappa shape index (κ2) is 0.455. The van der Waals surface area contributed by atoms with E-state index in [9.17, 15) is 4.39 Å². The van der Waals surface area contributed by atoms with Gasteiger partial charge in [0, 0.05) is 6.07 Å². The zero-order valence-electron chi connectivity index (χ0n) is 2.46. The number of rotatable bonds is 0. The molecule has 1 aromatic carbocycles. The van der Waals surface area contributed by atoms with Crippen LogP contribution in [0.3, 0.4) is 0 Å². The summed E-state index contributed by atoms with van der Waals surface area (Å²) >= 11 is 0. The molecule has 0 saturated heterocycles. The molecule has 1 N–H and O–H groups in total. The molecule has 0 aromatic heterocycles. The van der Waals surface area contributed by atoms with Gasteiger partial charge in [0.1, 0.15) is 5.82 Å². The maximum absolute atomic E-state index is 11.1. The van der Waals surface area contributed by atoms with E-state index in [0.717, 1.165) is 0 Å². The summed E-state index contributed by atoms with van der Waals surface area (Å²) in [6.07, 6.45) is 0. The Hall–Kier alpha value is -0.660. The molecule has 1 rings (SSSR count). The number of nitrogens with one attached hydrogen (secondary N) is 1. The van der Waals surface area contributed by atoms with Crippen molar-refractivity contribution in [2.75, 3.05) is 0 Å². The molecule has 0 saturated carbocycles. The van der Waals surface area contributed by atoms with E-state index in [-0.39, 0.29) is 11.2 Å². The zero-order valence-corrected chi connectivity index (χ0v) is 2.46. The lowest BCUT2D eigenvalue weighted by Gasteiger charge is -1.39. The van der Waals surface area contributed by atoms with Gasteiger partial charge in [0.15, 0.2) is 0 Å². The van der Waals surface area contributed by atoms with Crippen LogP contribution >= 0.6 is 0 Å². The van der Waals surface area contributed by atoms with Crippen molar-refractivity contribution in [1.82, 2.24) is 0 Å². The highest BCUT2D eigenvalue weighted by Crippen LogP contribution is 1.84. The van der Waals surface area contributed by atoms with E-state index in [2.05, 4.69) is 0 Å². The molecule has 0 aliphatic rings. The molecule has 0 spiro atoms. The summed E-state index contributed by atoms with van der Waals surface area (Å²) in [6, 6.07) is 1.17. The van der Waals surface area contributed by atoms with Crippen molar-refractivity contribution in [3.63, 3.8) is 0 Å². The third-order valence-corrected chi connectivity index (χ3v) is 0.445. The Kier molecular flexibility index (Phi) is 0.234. The van der Waals surface area contributed by atoms with Crippen LogP contribution in [0.1, 0.15) is 0 Å². The van der Waals surface area contributed by atoms with Crippen molar-refractivity contribution >= 4 is 0 Å². The minimum atomic E-state index is -0.370. The van der Waals surface area contributed by atoms with Gasteiger partial charge < -0.3 is 0 Å². The van der Waals surface area contributed by atoms with Gasteiger partial charge in [0.2, 0.25) is 0 Å². The minimum absolute atomic E-state index is 0.0463. The fourth-order valence-corrected chi connectivity index (χ4v) is 0.0906. The highest BCUT2D eigenvalue weighted by Gasteiger charge is 1.97. The zero-order chi connectivity index (χ0) is 3.86. The van der Waals surface area contributed by atoms with Crippen LogP contribution < -0.4 is 5.36 Å². The molecule has 0 heterocycles. The molecule has 0 radical (unpaired) electrons. The Morgan fingerprint density at radius 1 is 1.80 bits per heavy atom. The normalized spacial score (nSPS) is 9.80. The Morgan fingerprint density at radius 3 is 2.00 bits per heavy atom. The van der Waals surface area contributed by atoms with Crippen LogP contribution in [0.5, 0.6) is 0 Å². The second-order valence-electron chi connectivity index (χ2n) is 0.906. The van der Waals surface area contributed by atoms with Gasteiger partial charge >= 0.3 is 0 Å². The average Bonchev–Trinajstić information content (AvgIpc) is 1.79. The smallest absolute Gasteiger partial charge is 0.150 e. The molecule has 2 heteroatoms. The summed E-state index contributed by atoms with van der Waals surface area (Å²) < 4.78 is 11.1. The summed E-state index contributed by atoms with van der Waals surface area (Å²) in [6.45, 7) is 0. The van der Waals surface area contributed by atoms with Gasteiger partial charge in [0.05, 0.1) is 5.36 Å². The molecule has 0 fully saturated rings. The third-order valence-electron chi connectivity index (χ3n) is 0.445. The molecule has 0 atom stereocenters. The van der Waals surface area contributed by atoms with Crippen LogP contribution in [-0.4, -0.2) is 0 Å². The molecule has 1 aromatic rings. The summed E-state index contributed by atoms with van der Waals surface area (Å²) in [5.74, 6) is -0.370. The van der Waals surface area contributed by atoms with Crippen molar-refractivity contribution in [2.45, 2.75) is 0 Å². The van der Waals surface area contributed by atoms with Crippen molar-refractivity contribution in [1.29, 1.82) is 5.41 Å². The SMILES string of the molecule is N=c1cc1F. The van der Waals surface area contributed by atoms with Gasteiger partial charge in [-0.3, -0.25) is 5.41 Å². The molecule has 0 aliphatic heterocycles. The predicted octanol–water partition coefficient (Wildman–Crippen LogP) is 0.181. The first-order chi connectivity index (χ1) is 2.30. The summed E-state index contributed by atoms with van der Waals surface area (Å²) in [4.78, 5) is 0. The van der Waals surface area contributed by atoms with Crippen LogP contribution in [0, 0.1) is 11.2 Å². The van der Waals surface area contributed by atoms with E-state index in [0.29, 0.717) is 0 Å². The van der Waals surface area contributed by atoms with Crippen LogP contribution in [0.15, 0.2) is 6.07 Å². The highest BCUT2D eigenvalue weighted by molar-refractivity contribution is 5.02. The Morgan fingerprint density at radius 2 is 2.00 bits per heavy atom. The quantitative estimate of drug-likeness (QED) is 0.451. The van der Waals surface area contributed by atoms with E-state index >= 15 is 0 Å². The van der Waals surface area contributed by atoms with Crippen molar-refractivity contribution < 1.29 is 4.39 Å². The predicted molar refractivity (Wildman–Crippen MR) is 14.6 cm³/mol. The Bertz CT molecular complexity index is 138. The second-order valence-corrected chi connectivity index (χ2v) is 0.906. The van der Waals surface area contributed by atoms with Crippen LogP contribution in [0.2, 0.25) is 0 Å². The standard InChI is InChI=1S/C3H2FN/c4-2-1-3(2)5/h1,5H. The lowest BCUT2D eigenvalue weighted by Crippen LogP contribution is -1.70. The van der Waals surface area contributed by atoms with Crippen LogP contribution in [-0.2, 0) is 0 Å². The van der Waals surface area contributed by atoms with Crippen molar-refractivity contribution in [3.8, 4) is 0 Å². The van der Waals surface area contributed by atoms with Gasteiger partial charge in [-0.25, -0.2) is 4.39 Å². The van der Waals surface area contributed by atoms with Crippen molar-refractivity contribution in [3.05, 3.63) is 17.2 Å². The third kappa shape index (κ3) is 0.210. The monoisotopic (exact) mass is 71.0 g/mol. The Labute approximate surface area is 28.3 Å². The summed E-state index contributed by atoms with van der Waals surface area (Å²) in [5, 5.41) is 6.40. The molecule has 0 unspecified atom stereocenters. The van der Waals surface area contributed by atoms with E-state index in [1.54, 1.807) is 0 Å². The Balaban J connectivity index is 3.15. The molecule has 1 nitrogen and oxygen atoms in total. The number of halogens is 1. The van der Waals surface area contributed by atoms with Gasteiger partial charge in [0.25, 0.3) is 0 Å². The van der Waals surface area contributed by atoms with Crippen LogP contribution in [0.4, 0.5) is 4.39 Å². The van der Waals surface area contributed by atoms with E-state index in [4.69, 9.17) is 5.41 Å². The minimum Gasteiger partial charge on any atom is -0.298 e. The topological polar surface area (TPSA) is 23.9 Å². The molecule has 0 aliphatic carbocycles. The first-order valence-corrected chi connectivity index (χ1v) is 1.27. The maximum Gasteiger partial charge on any atom is 0.150 e. The lowest BCUT2D eigenvalue weighted by molar-refractivity contribution is 0.649. The molecule has 0 amide bonds. The van der Waals surface area contributed by atoms with Crippen LogP contribution in [0.25, 0.3) is 0 Å². The largest absolute Gasteiger partial charge is 0.298 e. The summed E-state index contributed by atoms with van der Waals surface area (Å²) in [5.41, 5.74) is 0. The highest BCUT2D eigenvalue weighted by atomic mass is 19.1.